The Balaban J connectivity index is 4.36. The van der Waals surface area contributed by atoms with Crippen LogP contribution in [-0.4, -0.2) is 37.2 Å². The summed E-state index contributed by atoms with van der Waals surface area (Å²) in [5.41, 5.74) is 0. The molecule has 0 aliphatic rings. The third kappa shape index (κ3) is 44.3. The first kappa shape index (κ1) is 54.4. The summed E-state index contributed by atoms with van der Waals surface area (Å²) in [5, 5.41) is 0. The molecule has 0 aromatic heterocycles. The third-order valence-electron chi connectivity index (χ3n) is 10.3. The summed E-state index contributed by atoms with van der Waals surface area (Å²) in [6, 6.07) is 0. The lowest BCUT2D eigenvalue weighted by Gasteiger charge is -2.18. The van der Waals surface area contributed by atoms with Gasteiger partial charge in [-0.25, -0.2) is 0 Å². The third-order valence-corrected chi connectivity index (χ3v) is 10.3. The Kier molecular flexibility index (Phi) is 43.9. The minimum Gasteiger partial charge on any atom is -0.462 e. The van der Waals surface area contributed by atoms with Crippen molar-refractivity contribution in [1.29, 1.82) is 0 Å². The van der Waals surface area contributed by atoms with Gasteiger partial charge in [0.05, 0.1) is 0 Å². The lowest BCUT2D eigenvalue weighted by molar-refractivity contribution is -0.167. The highest BCUT2D eigenvalue weighted by Gasteiger charge is 2.19. The molecular weight excluding hydrogens is 709 g/mol. The summed E-state index contributed by atoms with van der Waals surface area (Å²) >= 11 is 0. The van der Waals surface area contributed by atoms with Crippen LogP contribution in [0.5, 0.6) is 0 Å². The van der Waals surface area contributed by atoms with Crippen LogP contribution in [0.2, 0.25) is 0 Å². The van der Waals surface area contributed by atoms with Gasteiger partial charge in [-0.15, -0.1) is 0 Å². The summed E-state index contributed by atoms with van der Waals surface area (Å²) in [7, 11) is 0. The van der Waals surface area contributed by atoms with E-state index in [2.05, 4.69) is 69.4 Å². The maximum atomic E-state index is 12.7. The smallest absolute Gasteiger partial charge is 0.306 e. The number of hydrogen-bond acceptors (Lipinski definition) is 6. The molecule has 0 rings (SSSR count). The predicted octanol–water partition coefficient (Wildman–Crippen LogP) is 15.5. The van der Waals surface area contributed by atoms with Crippen molar-refractivity contribution in [3.63, 3.8) is 0 Å². The Bertz CT molecular complexity index is 1010. The van der Waals surface area contributed by atoms with Gasteiger partial charge in [0.1, 0.15) is 13.2 Å². The molecule has 0 aliphatic heterocycles. The molecule has 0 amide bonds. The fourth-order valence-corrected chi connectivity index (χ4v) is 6.66. The minimum absolute atomic E-state index is 0.0806. The predicted molar refractivity (Wildman–Crippen MR) is 242 cm³/mol. The SMILES string of the molecule is CCCCC/C=C\C/C=C\C/C=C\C/C=C\CCCCCC(=O)OC[C@@H](COC(=O)CCCCCCCCCCCC)OC(=O)CCCCCCCCCCCC. The molecule has 6 nitrogen and oxygen atoms in total. The van der Waals surface area contributed by atoms with E-state index in [4.69, 9.17) is 14.2 Å². The van der Waals surface area contributed by atoms with Gasteiger partial charge in [0, 0.05) is 19.3 Å². The number of unbranched alkanes of at least 4 members (excludes halogenated alkanes) is 24. The van der Waals surface area contributed by atoms with Crippen LogP contribution in [0, 0.1) is 0 Å². The van der Waals surface area contributed by atoms with E-state index in [0.29, 0.717) is 19.3 Å². The lowest BCUT2D eigenvalue weighted by Crippen LogP contribution is -2.30. The molecule has 0 aliphatic carbocycles. The molecule has 0 radical (unpaired) electrons. The van der Waals surface area contributed by atoms with Gasteiger partial charge >= 0.3 is 17.9 Å². The molecule has 0 aromatic carbocycles. The maximum Gasteiger partial charge on any atom is 0.306 e. The average Bonchev–Trinajstić information content (AvgIpc) is 3.21. The van der Waals surface area contributed by atoms with Gasteiger partial charge in [0.15, 0.2) is 6.10 Å². The second-order valence-electron chi connectivity index (χ2n) is 16.0. The van der Waals surface area contributed by atoms with Crippen LogP contribution in [0.25, 0.3) is 0 Å². The molecular formula is C51H90O6. The molecule has 0 saturated heterocycles. The number of carbonyl (C=O) groups is 3. The van der Waals surface area contributed by atoms with E-state index in [0.717, 1.165) is 83.5 Å². The molecule has 0 N–H and O–H groups in total. The zero-order chi connectivity index (χ0) is 41.5. The van der Waals surface area contributed by atoms with Gasteiger partial charge in [-0.3, -0.25) is 14.4 Å². The number of rotatable bonds is 43. The monoisotopic (exact) mass is 799 g/mol. The summed E-state index contributed by atoms with van der Waals surface area (Å²) in [5.74, 6) is -0.913. The number of hydrogen-bond donors (Lipinski definition) is 0. The second kappa shape index (κ2) is 46.1. The van der Waals surface area contributed by atoms with Gasteiger partial charge in [0.2, 0.25) is 0 Å². The number of carbonyl (C=O) groups excluding carboxylic acids is 3. The van der Waals surface area contributed by atoms with Crippen molar-refractivity contribution in [2.45, 2.75) is 245 Å². The highest BCUT2D eigenvalue weighted by atomic mass is 16.6. The van der Waals surface area contributed by atoms with Gasteiger partial charge in [-0.2, -0.15) is 0 Å². The van der Waals surface area contributed by atoms with Crippen LogP contribution in [0.4, 0.5) is 0 Å². The lowest BCUT2D eigenvalue weighted by atomic mass is 10.1. The van der Waals surface area contributed by atoms with Crippen molar-refractivity contribution >= 4 is 17.9 Å². The molecule has 0 heterocycles. The highest BCUT2D eigenvalue weighted by Crippen LogP contribution is 2.14. The maximum absolute atomic E-state index is 12.7. The number of esters is 3. The van der Waals surface area contributed by atoms with Crippen LogP contribution in [0.15, 0.2) is 48.6 Å². The van der Waals surface area contributed by atoms with Crippen molar-refractivity contribution in [2.75, 3.05) is 13.2 Å². The van der Waals surface area contributed by atoms with E-state index < -0.39 is 6.10 Å². The Hall–Kier alpha value is -2.63. The molecule has 0 bridgehead atoms. The zero-order valence-corrected chi connectivity index (χ0v) is 37.6. The highest BCUT2D eigenvalue weighted by molar-refractivity contribution is 5.71. The summed E-state index contributed by atoms with van der Waals surface area (Å²) in [4.78, 5) is 37.7. The van der Waals surface area contributed by atoms with E-state index in [1.165, 1.54) is 116 Å². The molecule has 6 heteroatoms. The van der Waals surface area contributed by atoms with Crippen LogP contribution in [0.1, 0.15) is 239 Å². The number of ether oxygens (including phenoxy) is 3. The first-order chi connectivity index (χ1) is 28.0. The molecule has 0 spiro atoms. The van der Waals surface area contributed by atoms with Crippen molar-refractivity contribution < 1.29 is 28.6 Å². The summed E-state index contributed by atoms with van der Waals surface area (Å²) in [6.45, 7) is 6.55. The first-order valence-electron chi connectivity index (χ1n) is 24.1. The normalized spacial score (nSPS) is 12.4. The molecule has 1 atom stereocenters. The first-order valence-corrected chi connectivity index (χ1v) is 24.1. The van der Waals surface area contributed by atoms with Crippen molar-refractivity contribution in [2.24, 2.45) is 0 Å². The summed E-state index contributed by atoms with van der Waals surface area (Å²) < 4.78 is 16.7. The van der Waals surface area contributed by atoms with E-state index in [-0.39, 0.29) is 31.1 Å². The summed E-state index contributed by atoms with van der Waals surface area (Å²) in [6.07, 6.45) is 53.8. The van der Waals surface area contributed by atoms with Gasteiger partial charge < -0.3 is 14.2 Å². The van der Waals surface area contributed by atoms with Gasteiger partial charge in [-0.1, -0.05) is 204 Å². The fraction of sp³-hybridized carbons (Fsp3) is 0.784. The number of allylic oxidation sites excluding steroid dienone is 8. The quantitative estimate of drug-likeness (QED) is 0.0265. The second-order valence-corrected chi connectivity index (χ2v) is 16.0. The molecule has 0 unspecified atom stereocenters. The van der Waals surface area contributed by atoms with Crippen molar-refractivity contribution in [1.82, 2.24) is 0 Å². The Morgan fingerprint density at radius 3 is 1.02 bits per heavy atom. The van der Waals surface area contributed by atoms with Crippen LogP contribution >= 0.6 is 0 Å². The fourth-order valence-electron chi connectivity index (χ4n) is 6.66. The Morgan fingerprint density at radius 2 is 0.632 bits per heavy atom. The molecule has 57 heavy (non-hydrogen) atoms. The zero-order valence-electron chi connectivity index (χ0n) is 37.6. The molecule has 0 aromatic rings. The molecule has 330 valence electrons. The molecule has 0 saturated carbocycles. The standard InChI is InChI=1S/C51H90O6/c1-4-7-10-13-16-19-22-23-24-25-26-27-28-29-30-33-35-38-41-44-50(53)56-47-48(57-51(54)45-42-39-36-32-21-18-15-12-9-6-3)46-55-49(52)43-40-37-34-31-20-17-14-11-8-5-2/h16,19,23-24,26-27,29-30,48H,4-15,17-18,20-22,25,28,31-47H2,1-3H3/b19-16-,24-23-,27-26-,30-29-/t48-/m1/s1. The molecule has 0 fully saturated rings. The van der Waals surface area contributed by atoms with Gasteiger partial charge in [0.25, 0.3) is 0 Å². The average molecular weight is 799 g/mol. The van der Waals surface area contributed by atoms with Gasteiger partial charge in [-0.05, 0) is 64.2 Å². The van der Waals surface area contributed by atoms with Crippen molar-refractivity contribution in [3.05, 3.63) is 48.6 Å². The Labute approximate surface area is 352 Å². The minimum atomic E-state index is -0.779. The van der Waals surface area contributed by atoms with Crippen LogP contribution in [-0.2, 0) is 28.6 Å². The van der Waals surface area contributed by atoms with Crippen LogP contribution < -0.4 is 0 Å². The van der Waals surface area contributed by atoms with E-state index in [1.807, 2.05) is 0 Å². The van der Waals surface area contributed by atoms with E-state index in [1.54, 1.807) is 0 Å². The van der Waals surface area contributed by atoms with E-state index >= 15 is 0 Å². The van der Waals surface area contributed by atoms with E-state index in [9.17, 15) is 14.4 Å². The van der Waals surface area contributed by atoms with Crippen molar-refractivity contribution in [3.8, 4) is 0 Å². The Morgan fingerprint density at radius 1 is 0.351 bits per heavy atom. The largest absolute Gasteiger partial charge is 0.462 e. The van der Waals surface area contributed by atoms with Crippen LogP contribution in [0.3, 0.4) is 0 Å². The topological polar surface area (TPSA) is 78.9 Å².